The van der Waals surface area contributed by atoms with Crippen LogP contribution in [0.5, 0.6) is 5.75 Å². The standard InChI is InChI=1S/C18H23NO4/c1-14-11-17(21)18(23-13-15-7-4-3-5-8-15)16(12-20)19(14)9-6-10-22-2/h3-5,7-8,11,20H,6,9-10,12-13H2,1-2H3. The van der Waals surface area contributed by atoms with Crippen LogP contribution >= 0.6 is 0 Å². The highest BCUT2D eigenvalue weighted by atomic mass is 16.5. The van der Waals surface area contributed by atoms with Crippen LogP contribution in [0.1, 0.15) is 23.4 Å². The molecule has 5 heteroatoms. The zero-order valence-electron chi connectivity index (χ0n) is 13.6. The van der Waals surface area contributed by atoms with Gasteiger partial charge < -0.3 is 19.1 Å². The predicted molar refractivity (Wildman–Crippen MR) is 88.6 cm³/mol. The molecule has 1 aromatic carbocycles. The largest absolute Gasteiger partial charge is 0.483 e. The van der Waals surface area contributed by atoms with Gasteiger partial charge >= 0.3 is 0 Å². The maximum absolute atomic E-state index is 12.2. The Morgan fingerprint density at radius 1 is 1.22 bits per heavy atom. The molecule has 2 rings (SSSR count). The Labute approximate surface area is 136 Å². The SMILES string of the molecule is COCCCn1c(C)cc(=O)c(OCc2ccccc2)c1CO. The molecule has 0 spiro atoms. The quantitative estimate of drug-likeness (QED) is 0.759. The summed E-state index contributed by atoms with van der Waals surface area (Å²) in [6.45, 7) is 3.20. The van der Waals surface area contributed by atoms with Crippen molar-refractivity contribution < 1.29 is 14.6 Å². The summed E-state index contributed by atoms with van der Waals surface area (Å²) in [7, 11) is 1.65. The number of aromatic nitrogens is 1. The van der Waals surface area contributed by atoms with Gasteiger partial charge in [0, 0.05) is 32.0 Å². The summed E-state index contributed by atoms with van der Waals surface area (Å²) in [4.78, 5) is 12.2. The van der Waals surface area contributed by atoms with Gasteiger partial charge in [-0.1, -0.05) is 30.3 Å². The monoisotopic (exact) mass is 317 g/mol. The summed E-state index contributed by atoms with van der Waals surface area (Å²) in [5, 5.41) is 9.73. The van der Waals surface area contributed by atoms with Gasteiger partial charge in [0.15, 0.2) is 5.75 Å². The smallest absolute Gasteiger partial charge is 0.224 e. The topological polar surface area (TPSA) is 60.7 Å². The van der Waals surface area contributed by atoms with Crippen molar-refractivity contribution in [3.8, 4) is 5.75 Å². The van der Waals surface area contributed by atoms with E-state index in [2.05, 4.69) is 0 Å². The highest BCUT2D eigenvalue weighted by Crippen LogP contribution is 2.18. The zero-order valence-corrected chi connectivity index (χ0v) is 13.6. The molecule has 0 saturated heterocycles. The van der Waals surface area contributed by atoms with Crippen molar-refractivity contribution in [2.75, 3.05) is 13.7 Å². The number of aliphatic hydroxyl groups excluding tert-OH is 1. The molecular formula is C18H23NO4. The van der Waals surface area contributed by atoms with Crippen LogP contribution in [0, 0.1) is 6.92 Å². The molecule has 0 atom stereocenters. The molecule has 0 saturated carbocycles. The fourth-order valence-corrected chi connectivity index (χ4v) is 2.53. The predicted octanol–water partition coefficient (Wildman–Crippen LogP) is 2.26. The third kappa shape index (κ3) is 4.43. The molecule has 0 radical (unpaired) electrons. The van der Waals surface area contributed by atoms with Crippen molar-refractivity contribution in [3.63, 3.8) is 0 Å². The first-order valence-electron chi connectivity index (χ1n) is 7.67. The van der Waals surface area contributed by atoms with Crippen molar-refractivity contribution in [3.05, 3.63) is 63.6 Å². The molecule has 1 N–H and O–H groups in total. The Kier molecular flexibility index (Phi) is 6.38. The van der Waals surface area contributed by atoms with Gasteiger partial charge in [-0.25, -0.2) is 0 Å². The Balaban J connectivity index is 2.26. The van der Waals surface area contributed by atoms with E-state index in [1.54, 1.807) is 13.2 Å². The lowest BCUT2D eigenvalue weighted by atomic mass is 10.2. The first-order chi connectivity index (χ1) is 11.2. The fraction of sp³-hybridized carbons (Fsp3) is 0.389. The van der Waals surface area contributed by atoms with E-state index >= 15 is 0 Å². The Hall–Kier alpha value is -2.11. The van der Waals surface area contributed by atoms with E-state index in [-0.39, 0.29) is 17.8 Å². The van der Waals surface area contributed by atoms with Crippen LogP contribution in [-0.2, 0) is 24.5 Å². The van der Waals surface area contributed by atoms with E-state index in [1.807, 2.05) is 41.8 Å². The van der Waals surface area contributed by atoms with E-state index in [0.717, 1.165) is 17.7 Å². The van der Waals surface area contributed by atoms with Crippen LogP contribution < -0.4 is 10.2 Å². The molecule has 23 heavy (non-hydrogen) atoms. The highest BCUT2D eigenvalue weighted by Gasteiger charge is 2.14. The number of hydrogen-bond donors (Lipinski definition) is 1. The van der Waals surface area contributed by atoms with E-state index in [4.69, 9.17) is 9.47 Å². The molecular weight excluding hydrogens is 294 g/mol. The molecule has 0 aliphatic heterocycles. The van der Waals surface area contributed by atoms with Gasteiger partial charge in [-0.15, -0.1) is 0 Å². The molecule has 5 nitrogen and oxygen atoms in total. The molecule has 2 aromatic rings. The number of nitrogens with zero attached hydrogens (tertiary/aromatic N) is 1. The third-order valence-corrected chi connectivity index (χ3v) is 3.68. The van der Waals surface area contributed by atoms with Crippen molar-refractivity contribution in [2.45, 2.75) is 33.1 Å². The van der Waals surface area contributed by atoms with Gasteiger partial charge in [0.25, 0.3) is 0 Å². The number of ether oxygens (including phenoxy) is 2. The van der Waals surface area contributed by atoms with Gasteiger partial charge in [-0.2, -0.15) is 0 Å². The summed E-state index contributed by atoms with van der Waals surface area (Å²) < 4.78 is 12.7. The minimum atomic E-state index is -0.242. The maximum Gasteiger partial charge on any atom is 0.224 e. The summed E-state index contributed by atoms with van der Waals surface area (Å²) in [5.74, 6) is 0.222. The van der Waals surface area contributed by atoms with E-state index in [1.165, 1.54) is 0 Å². The van der Waals surface area contributed by atoms with Crippen molar-refractivity contribution in [1.29, 1.82) is 0 Å². The number of rotatable bonds is 8. The minimum absolute atomic E-state index is 0.203. The molecule has 1 heterocycles. The van der Waals surface area contributed by atoms with Crippen LogP contribution in [0.2, 0.25) is 0 Å². The van der Waals surface area contributed by atoms with Crippen molar-refractivity contribution >= 4 is 0 Å². The molecule has 0 fully saturated rings. The fourth-order valence-electron chi connectivity index (χ4n) is 2.53. The molecule has 0 aliphatic rings. The van der Waals surface area contributed by atoms with E-state index < -0.39 is 0 Å². The van der Waals surface area contributed by atoms with Crippen LogP contribution in [-0.4, -0.2) is 23.4 Å². The van der Waals surface area contributed by atoms with E-state index in [0.29, 0.717) is 25.5 Å². The second kappa shape index (κ2) is 8.50. The van der Waals surface area contributed by atoms with Gasteiger partial charge in [0.2, 0.25) is 5.43 Å². The molecule has 0 unspecified atom stereocenters. The molecule has 0 amide bonds. The first-order valence-corrected chi connectivity index (χ1v) is 7.67. The van der Waals surface area contributed by atoms with Crippen molar-refractivity contribution in [2.24, 2.45) is 0 Å². The first kappa shape index (κ1) is 17.2. The van der Waals surface area contributed by atoms with E-state index in [9.17, 15) is 9.90 Å². The van der Waals surface area contributed by atoms with Gasteiger partial charge in [-0.3, -0.25) is 4.79 Å². The third-order valence-electron chi connectivity index (χ3n) is 3.68. The zero-order chi connectivity index (χ0) is 16.7. The summed E-state index contributed by atoms with van der Waals surface area (Å²) in [6.07, 6.45) is 0.797. The summed E-state index contributed by atoms with van der Waals surface area (Å²) in [5.41, 5.74) is 2.09. The lowest BCUT2D eigenvalue weighted by Gasteiger charge is -2.19. The minimum Gasteiger partial charge on any atom is -0.483 e. The van der Waals surface area contributed by atoms with Gasteiger partial charge in [-0.05, 0) is 18.9 Å². The van der Waals surface area contributed by atoms with Crippen LogP contribution in [0.25, 0.3) is 0 Å². The maximum atomic E-state index is 12.2. The second-order valence-electron chi connectivity index (χ2n) is 5.36. The normalized spacial score (nSPS) is 10.7. The Bertz CT molecular complexity index is 679. The van der Waals surface area contributed by atoms with Crippen molar-refractivity contribution in [1.82, 2.24) is 4.57 Å². The molecule has 1 aromatic heterocycles. The Morgan fingerprint density at radius 2 is 1.96 bits per heavy atom. The highest BCUT2D eigenvalue weighted by molar-refractivity contribution is 5.31. The number of pyridine rings is 1. The summed E-state index contributed by atoms with van der Waals surface area (Å²) >= 11 is 0. The lowest BCUT2D eigenvalue weighted by molar-refractivity contribution is 0.187. The van der Waals surface area contributed by atoms with Gasteiger partial charge in [0.1, 0.15) is 6.61 Å². The summed E-state index contributed by atoms with van der Waals surface area (Å²) in [6, 6.07) is 11.2. The molecule has 124 valence electrons. The number of hydrogen-bond acceptors (Lipinski definition) is 4. The lowest BCUT2D eigenvalue weighted by Crippen LogP contribution is -2.20. The molecule has 0 aliphatic carbocycles. The van der Waals surface area contributed by atoms with Crippen LogP contribution in [0.3, 0.4) is 0 Å². The van der Waals surface area contributed by atoms with Crippen LogP contribution in [0.4, 0.5) is 0 Å². The average molecular weight is 317 g/mol. The van der Waals surface area contributed by atoms with Crippen LogP contribution in [0.15, 0.2) is 41.2 Å². The van der Waals surface area contributed by atoms with Gasteiger partial charge in [0.05, 0.1) is 12.3 Å². The number of aliphatic hydroxyl groups is 1. The number of aryl methyl sites for hydroxylation is 1. The average Bonchev–Trinajstić information content (AvgIpc) is 2.56. The second-order valence-corrected chi connectivity index (χ2v) is 5.36. The number of benzene rings is 1. The Morgan fingerprint density at radius 3 is 2.61 bits per heavy atom. The molecule has 0 bridgehead atoms. The number of methoxy groups -OCH3 is 1.